The van der Waals surface area contributed by atoms with Crippen LogP contribution in [-0.4, -0.2) is 21.4 Å². The fourth-order valence-corrected chi connectivity index (χ4v) is 4.67. The number of hydrogen-bond acceptors (Lipinski definition) is 4. The van der Waals surface area contributed by atoms with E-state index >= 15 is 0 Å². The standard InChI is InChI=1S/C23H21NO4S/c1-24(20-8-3-2-4-9-20)29(26,27)22-14-11-18(12-15-22)23(25)28-21-13-10-17-6-5-7-19(17)16-21/h2-4,8-16H,5-7H2,1H3. The molecule has 29 heavy (non-hydrogen) atoms. The molecule has 3 aromatic rings. The van der Waals surface area contributed by atoms with E-state index in [0.29, 0.717) is 17.0 Å². The molecule has 1 aliphatic rings. The molecule has 0 radical (unpaired) electrons. The number of fused-ring (bicyclic) bond motifs is 1. The Kier molecular flexibility index (Phi) is 5.11. The third-order valence-electron chi connectivity index (χ3n) is 5.15. The van der Waals surface area contributed by atoms with Gasteiger partial charge in [-0.2, -0.15) is 0 Å². The smallest absolute Gasteiger partial charge is 0.343 e. The SMILES string of the molecule is CN(c1ccccc1)S(=O)(=O)c1ccc(C(=O)Oc2ccc3c(c2)CCC3)cc1. The molecule has 0 heterocycles. The second kappa shape index (κ2) is 7.72. The molecular weight excluding hydrogens is 386 g/mol. The average Bonchev–Trinajstić information content (AvgIpc) is 3.22. The summed E-state index contributed by atoms with van der Waals surface area (Å²) in [7, 11) is -2.22. The van der Waals surface area contributed by atoms with Crippen LogP contribution in [0.3, 0.4) is 0 Å². The van der Waals surface area contributed by atoms with Gasteiger partial charge in [0.2, 0.25) is 0 Å². The molecule has 0 fully saturated rings. The van der Waals surface area contributed by atoms with E-state index in [0.717, 1.165) is 19.3 Å². The Labute approximate surface area is 170 Å². The van der Waals surface area contributed by atoms with Crippen LogP contribution in [0.1, 0.15) is 27.9 Å². The molecule has 0 spiro atoms. The van der Waals surface area contributed by atoms with Crippen molar-refractivity contribution in [1.82, 2.24) is 0 Å². The molecular formula is C23H21NO4S. The Morgan fingerprint density at radius 3 is 2.31 bits per heavy atom. The topological polar surface area (TPSA) is 63.7 Å². The number of aryl methyl sites for hydroxylation is 2. The van der Waals surface area contributed by atoms with Crippen molar-refractivity contribution in [3.05, 3.63) is 89.5 Å². The van der Waals surface area contributed by atoms with Gasteiger partial charge in [-0.3, -0.25) is 4.31 Å². The van der Waals surface area contributed by atoms with Crippen molar-refractivity contribution in [1.29, 1.82) is 0 Å². The van der Waals surface area contributed by atoms with Crippen molar-refractivity contribution >= 4 is 21.7 Å². The van der Waals surface area contributed by atoms with Crippen molar-refractivity contribution < 1.29 is 17.9 Å². The summed E-state index contributed by atoms with van der Waals surface area (Å²) < 4.78 is 32.3. The van der Waals surface area contributed by atoms with Crippen LogP contribution in [-0.2, 0) is 22.9 Å². The van der Waals surface area contributed by atoms with Gasteiger partial charge in [0.25, 0.3) is 10.0 Å². The zero-order valence-corrected chi connectivity index (χ0v) is 16.9. The van der Waals surface area contributed by atoms with Gasteiger partial charge in [-0.05, 0) is 78.9 Å². The lowest BCUT2D eigenvalue weighted by Crippen LogP contribution is -2.26. The Morgan fingerprint density at radius 1 is 0.897 bits per heavy atom. The molecule has 0 bridgehead atoms. The van der Waals surface area contributed by atoms with Crippen molar-refractivity contribution in [3.8, 4) is 5.75 Å². The predicted octanol–water partition coefficient (Wildman–Crippen LogP) is 4.22. The summed E-state index contributed by atoms with van der Waals surface area (Å²) >= 11 is 0. The minimum Gasteiger partial charge on any atom is -0.423 e. The summed E-state index contributed by atoms with van der Waals surface area (Å²) in [6.07, 6.45) is 3.19. The maximum absolute atomic E-state index is 12.8. The normalized spacial score (nSPS) is 13.0. The number of ether oxygens (including phenoxy) is 1. The number of sulfonamides is 1. The zero-order chi connectivity index (χ0) is 20.4. The maximum Gasteiger partial charge on any atom is 0.343 e. The molecule has 0 unspecified atom stereocenters. The van der Waals surface area contributed by atoms with Crippen LogP contribution in [0.4, 0.5) is 5.69 Å². The first-order valence-corrected chi connectivity index (χ1v) is 10.9. The fraction of sp³-hybridized carbons (Fsp3) is 0.174. The van der Waals surface area contributed by atoms with Crippen molar-refractivity contribution in [3.63, 3.8) is 0 Å². The van der Waals surface area contributed by atoms with Crippen molar-refractivity contribution in [2.75, 3.05) is 11.4 Å². The molecule has 0 saturated carbocycles. The van der Waals surface area contributed by atoms with E-state index in [1.54, 1.807) is 30.3 Å². The van der Waals surface area contributed by atoms with Gasteiger partial charge in [0.05, 0.1) is 16.1 Å². The number of carbonyl (C=O) groups excluding carboxylic acids is 1. The van der Waals surface area contributed by atoms with E-state index in [1.807, 2.05) is 18.2 Å². The number of anilines is 1. The summed E-state index contributed by atoms with van der Waals surface area (Å²) in [4.78, 5) is 12.6. The Morgan fingerprint density at radius 2 is 1.59 bits per heavy atom. The van der Waals surface area contributed by atoms with Crippen molar-refractivity contribution in [2.45, 2.75) is 24.2 Å². The van der Waals surface area contributed by atoms with Crippen LogP contribution in [0, 0.1) is 0 Å². The number of para-hydroxylation sites is 1. The van der Waals surface area contributed by atoms with E-state index in [2.05, 4.69) is 0 Å². The molecule has 0 aromatic heterocycles. The van der Waals surface area contributed by atoms with Gasteiger partial charge in [-0.1, -0.05) is 24.3 Å². The average molecular weight is 407 g/mol. The lowest BCUT2D eigenvalue weighted by Gasteiger charge is -2.19. The molecule has 5 nitrogen and oxygen atoms in total. The number of rotatable bonds is 5. The largest absolute Gasteiger partial charge is 0.423 e. The molecule has 0 amide bonds. The molecule has 1 aliphatic carbocycles. The van der Waals surface area contributed by atoms with Crippen LogP contribution in [0.15, 0.2) is 77.7 Å². The molecule has 4 rings (SSSR count). The first-order valence-electron chi connectivity index (χ1n) is 9.43. The predicted molar refractivity (Wildman–Crippen MR) is 112 cm³/mol. The maximum atomic E-state index is 12.8. The van der Waals surface area contributed by atoms with Crippen LogP contribution in [0.25, 0.3) is 0 Å². The van der Waals surface area contributed by atoms with E-state index in [-0.39, 0.29) is 4.90 Å². The minimum atomic E-state index is -3.72. The number of esters is 1. The molecule has 3 aromatic carbocycles. The molecule has 148 valence electrons. The summed E-state index contributed by atoms with van der Waals surface area (Å²) in [6.45, 7) is 0. The van der Waals surface area contributed by atoms with Crippen molar-refractivity contribution in [2.24, 2.45) is 0 Å². The molecule has 0 atom stereocenters. The highest BCUT2D eigenvalue weighted by molar-refractivity contribution is 7.92. The second-order valence-electron chi connectivity index (χ2n) is 7.01. The Hall–Kier alpha value is -3.12. The van der Waals surface area contributed by atoms with E-state index < -0.39 is 16.0 Å². The molecule has 0 aliphatic heterocycles. The summed E-state index contributed by atoms with van der Waals surface area (Å²) in [5.41, 5.74) is 3.39. The van der Waals surface area contributed by atoms with Gasteiger partial charge in [-0.25, -0.2) is 13.2 Å². The van der Waals surface area contributed by atoms with Gasteiger partial charge in [0.15, 0.2) is 0 Å². The lowest BCUT2D eigenvalue weighted by atomic mass is 10.1. The monoisotopic (exact) mass is 407 g/mol. The highest BCUT2D eigenvalue weighted by Gasteiger charge is 2.22. The van der Waals surface area contributed by atoms with Crippen LogP contribution < -0.4 is 9.04 Å². The van der Waals surface area contributed by atoms with Gasteiger partial charge >= 0.3 is 5.97 Å². The lowest BCUT2D eigenvalue weighted by molar-refractivity contribution is 0.0734. The second-order valence-corrected chi connectivity index (χ2v) is 8.98. The van der Waals surface area contributed by atoms with E-state index in [1.165, 1.54) is 46.7 Å². The number of nitrogens with zero attached hydrogens (tertiary/aromatic N) is 1. The number of benzene rings is 3. The number of carbonyl (C=O) groups is 1. The minimum absolute atomic E-state index is 0.109. The van der Waals surface area contributed by atoms with Gasteiger partial charge in [0.1, 0.15) is 5.75 Å². The van der Waals surface area contributed by atoms with Crippen LogP contribution in [0.5, 0.6) is 5.75 Å². The van der Waals surface area contributed by atoms with Gasteiger partial charge in [-0.15, -0.1) is 0 Å². The summed E-state index contributed by atoms with van der Waals surface area (Å²) in [5, 5.41) is 0. The van der Waals surface area contributed by atoms with Gasteiger partial charge in [0, 0.05) is 7.05 Å². The molecule has 0 N–H and O–H groups in total. The van der Waals surface area contributed by atoms with Crippen LogP contribution in [0.2, 0.25) is 0 Å². The third-order valence-corrected chi connectivity index (χ3v) is 6.95. The third kappa shape index (κ3) is 3.89. The first-order chi connectivity index (χ1) is 13.9. The highest BCUT2D eigenvalue weighted by Crippen LogP contribution is 2.27. The first kappa shape index (κ1) is 19.2. The summed E-state index contributed by atoms with van der Waals surface area (Å²) in [5.74, 6) is -0.000493. The van der Waals surface area contributed by atoms with Crippen LogP contribution >= 0.6 is 0 Å². The molecule has 6 heteroatoms. The van der Waals surface area contributed by atoms with E-state index in [4.69, 9.17) is 4.74 Å². The zero-order valence-electron chi connectivity index (χ0n) is 16.0. The Balaban J connectivity index is 1.50. The fourth-order valence-electron chi connectivity index (χ4n) is 3.48. The van der Waals surface area contributed by atoms with Gasteiger partial charge < -0.3 is 4.74 Å². The number of hydrogen-bond donors (Lipinski definition) is 0. The highest BCUT2D eigenvalue weighted by atomic mass is 32.2. The molecule has 0 saturated heterocycles. The Bertz CT molecular complexity index is 1140. The van der Waals surface area contributed by atoms with E-state index in [9.17, 15) is 13.2 Å². The quantitative estimate of drug-likeness (QED) is 0.469. The summed E-state index contributed by atoms with van der Waals surface area (Å²) in [6, 6.07) is 20.3.